The van der Waals surface area contributed by atoms with Crippen molar-refractivity contribution in [1.82, 2.24) is 0 Å². The summed E-state index contributed by atoms with van der Waals surface area (Å²) in [6.07, 6.45) is 5.92. The molecule has 3 heteroatoms. The summed E-state index contributed by atoms with van der Waals surface area (Å²) >= 11 is 0. The Balaban J connectivity index is 2.24. The number of esters is 1. The van der Waals surface area contributed by atoms with Gasteiger partial charge in [0, 0.05) is 12.0 Å². The van der Waals surface area contributed by atoms with Crippen molar-refractivity contribution in [3.05, 3.63) is 48.0 Å². The number of hydrogen-bond acceptors (Lipinski definition) is 3. The molecule has 3 nitrogen and oxygen atoms in total. The number of ether oxygens (including phenoxy) is 1. The van der Waals surface area contributed by atoms with Crippen LogP contribution in [0.25, 0.3) is 0 Å². The molecule has 96 valence electrons. The molecule has 0 saturated carbocycles. The van der Waals surface area contributed by atoms with Gasteiger partial charge in [-0.15, -0.1) is 0 Å². The van der Waals surface area contributed by atoms with E-state index >= 15 is 0 Å². The second-order valence-corrected chi connectivity index (χ2v) is 3.91. The first-order valence-electron chi connectivity index (χ1n) is 6.09. The lowest BCUT2D eigenvalue weighted by molar-refractivity contribution is -0.142. The first-order valence-corrected chi connectivity index (χ1v) is 6.09. The second-order valence-electron chi connectivity index (χ2n) is 3.91. The fraction of sp³-hybridized carbons (Fsp3) is 0.333. The van der Waals surface area contributed by atoms with Crippen molar-refractivity contribution in [2.75, 3.05) is 6.61 Å². The third-order valence-corrected chi connectivity index (χ3v) is 2.45. The fourth-order valence-corrected chi connectivity index (χ4v) is 1.46. The van der Waals surface area contributed by atoms with Crippen LogP contribution in [0.4, 0.5) is 0 Å². The summed E-state index contributed by atoms with van der Waals surface area (Å²) in [5, 5.41) is 0. The zero-order valence-electron chi connectivity index (χ0n) is 10.6. The number of rotatable bonds is 7. The molecule has 18 heavy (non-hydrogen) atoms. The van der Waals surface area contributed by atoms with E-state index in [4.69, 9.17) is 4.74 Å². The van der Waals surface area contributed by atoms with Crippen molar-refractivity contribution in [2.45, 2.75) is 26.2 Å². The normalized spacial score (nSPS) is 10.5. The van der Waals surface area contributed by atoms with E-state index in [2.05, 4.69) is 0 Å². The predicted octanol–water partition coefficient (Wildman–Crippen LogP) is 3.16. The Bertz CT molecular complexity index is 407. The third-order valence-electron chi connectivity index (χ3n) is 2.45. The number of Topliss-reactive ketones (excluding diaryl/α,β-unsaturated/α-hetero) is 1. The molecule has 1 rings (SSSR count). The van der Waals surface area contributed by atoms with Gasteiger partial charge in [-0.05, 0) is 19.8 Å². The Labute approximate surface area is 107 Å². The van der Waals surface area contributed by atoms with Gasteiger partial charge in [-0.1, -0.05) is 42.5 Å². The molecule has 0 heterocycles. The van der Waals surface area contributed by atoms with Crippen LogP contribution >= 0.6 is 0 Å². The van der Waals surface area contributed by atoms with Gasteiger partial charge in [0.1, 0.15) is 0 Å². The highest BCUT2D eigenvalue weighted by Crippen LogP contribution is 2.02. The van der Waals surface area contributed by atoms with Crippen molar-refractivity contribution in [3.8, 4) is 0 Å². The van der Waals surface area contributed by atoms with E-state index in [-0.39, 0.29) is 18.4 Å². The first kappa shape index (κ1) is 14.2. The number of carbonyl (C=O) groups is 2. The van der Waals surface area contributed by atoms with Gasteiger partial charge in [-0.3, -0.25) is 9.59 Å². The van der Waals surface area contributed by atoms with Crippen LogP contribution in [0, 0.1) is 0 Å². The van der Waals surface area contributed by atoms with Crippen LogP contribution in [-0.4, -0.2) is 18.4 Å². The predicted molar refractivity (Wildman–Crippen MR) is 70.4 cm³/mol. The highest BCUT2D eigenvalue weighted by Gasteiger charge is 2.08. The SMILES string of the molecule is CC=CCCCC(=O)OCC(=O)c1ccccc1. The Morgan fingerprint density at radius 1 is 1.22 bits per heavy atom. The largest absolute Gasteiger partial charge is 0.457 e. The van der Waals surface area contributed by atoms with E-state index in [1.54, 1.807) is 24.3 Å². The summed E-state index contributed by atoms with van der Waals surface area (Å²) in [7, 11) is 0. The average Bonchev–Trinajstić information content (AvgIpc) is 2.42. The maximum atomic E-state index is 11.6. The van der Waals surface area contributed by atoms with Crippen LogP contribution in [0.3, 0.4) is 0 Å². The summed E-state index contributed by atoms with van der Waals surface area (Å²) in [5.74, 6) is -0.485. The van der Waals surface area contributed by atoms with Gasteiger partial charge in [0.25, 0.3) is 0 Å². The molecule has 0 radical (unpaired) electrons. The van der Waals surface area contributed by atoms with Gasteiger partial charge in [0.2, 0.25) is 0 Å². The average molecular weight is 246 g/mol. The minimum absolute atomic E-state index is 0.169. The molecule has 0 aliphatic carbocycles. The Morgan fingerprint density at radius 2 is 1.94 bits per heavy atom. The third kappa shape index (κ3) is 5.43. The molecule has 0 bridgehead atoms. The van der Waals surface area contributed by atoms with E-state index in [0.29, 0.717) is 12.0 Å². The molecular formula is C15H18O3. The maximum absolute atomic E-state index is 11.6. The topological polar surface area (TPSA) is 43.4 Å². The molecule has 0 atom stereocenters. The van der Waals surface area contributed by atoms with Crippen LogP contribution in [0.2, 0.25) is 0 Å². The second kappa shape index (κ2) is 8.23. The van der Waals surface area contributed by atoms with Crippen LogP contribution < -0.4 is 0 Å². The Kier molecular flexibility index (Phi) is 6.47. The minimum atomic E-state index is -0.316. The van der Waals surface area contributed by atoms with Crippen molar-refractivity contribution >= 4 is 11.8 Å². The van der Waals surface area contributed by atoms with Gasteiger partial charge in [0.05, 0.1) is 0 Å². The lowest BCUT2D eigenvalue weighted by atomic mass is 10.1. The summed E-state index contributed by atoms with van der Waals surface area (Å²) in [6, 6.07) is 8.83. The van der Waals surface area contributed by atoms with E-state index in [0.717, 1.165) is 12.8 Å². The Morgan fingerprint density at radius 3 is 2.61 bits per heavy atom. The molecule has 0 aromatic heterocycles. The minimum Gasteiger partial charge on any atom is -0.457 e. The number of hydrogen-bond donors (Lipinski definition) is 0. The molecule has 1 aromatic rings. The zero-order chi connectivity index (χ0) is 13.2. The first-order chi connectivity index (χ1) is 8.74. The summed E-state index contributed by atoms with van der Waals surface area (Å²) in [5.41, 5.74) is 0.569. The quantitative estimate of drug-likeness (QED) is 0.321. The summed E-state index contributed by atoms with van der Waals surface area (Å²) in [6.45, 7) is 1.77. The molecular weight excluding hydrogens is 228 g/mol. The van der Waals surface area contributed by atoms with E-state index in [1.165, 1.54) is 0 Å². The van der Waals surface area contributed by atoms with Crippen molar-refractivity contribution in [2.24, 2.45) is 0 Å². The smallest absolute Gasteiger partial charge is 0.306 e. The van der Waals surface area contributed by atoms with Gasteiger partial charge in [-0.25, -0.2) is 0 Å². The molecule has 0 aliphatic rings. The molecule has 0 aliphatic heterocycles. The van der Waals surface area contributed by atoms with Gasteiger partial charge in [-0.2, -0.15) is 0 Å². The standard InChI is InChI=1S/C15H18O3/c1-2-3-4-8-11-15(17)18-12-14(16)13-9-6-5-7-10-13/h2-3,5-7,9-10H,4,8,11-12H2,1H3. The van der Waals surface area contributed by atoms with E-state index in [9.17, 15) is 9.59 Å². The lowest BCUT2D eigenvalue weighted by Crippen LogP contribution is -2.13. The highest BCUT2D eigenvalue weighted by atomic mass is 16.5. The monoisotopic (exact) mass is 246 g/mol. The van der Waals surface area contributed by atoms with Gasteiger partial charge < -0.3 is 4.74 Å². The zero-order valence-corrected chi connectivity index (χ0v) is 10.6. The molecule has 1 aromatic carbocycles. The van der Waals surface area contributed by atoms with Gasteiger partial charge >= 0.3 is 5.97 Å². The van der Waals surface area contributed by atoms with Gasteiger partial charge in [0.15, 0.2) is 12.4 Å². The number of carbonyl (C=O) groups excluding carboxylic acids is 2. The lowest BCUT2D eigenvalue weighted by Gasteiger charge is -2.03. The molecule has 0 amide bonds. The molecule has 0 saturated heterocycles. The summed E-state index contributed by atoms with van der Waals surface area (Å²) in [4.78, 5) is 23.0. The maximum Gasteiger partial charge on any atom is 0.306 e. The molecule has 0 fully saturated rings. The summed E-state index contributed by atoms with van der Waals surface area (Å²) < 4.78 is 4.93. The number of unbranched alkanes of at least 4 members (excludes halogenated alkanes) is 1. The molecule has 0 N–H and O–H groups in total. The Hall–Kier alpha value is -1.90. The van der Waals surface area contributed by atoms with Crippen molar-refractivity contribution < 1.29 is 14.3 Å². The molecule has 0 spiro atoms. The highest BCUT2D eigenvalue weighted by molar-refractivity contribution is 5.97. The van der Waals surface area contributed by atoms with E-state index < -0.39 is 0 Å². The van der Waals surface area contributed by atoms with Crippen LogP contribution in [0.15, 0.2) is 42.5 Å². The number of allylic oxidation sites excluding steroid dienone is 2. The fourth-order valence-electron chi connectivity index (χ4n) is 1.46. The van der Waals surface area contributed by atoms with Crippen LogP contribution in [0.5, 0.6) is 0 Å². The van der Waals surface area contributed by atoms with Crippen molar-refractivity contribution in [3.63, 3.8) is 0 Å². The van der Waals surface area contributed by atoms with Crippen LogP contribution in [0.1, 0.15) is 36.5 Å². The van der Waals surface area contributed by atoms with E-state index in [1.807, 2.05) is 25.1 Å². The number of benzene rings is 1. The van der Waals surface area contributed by atoms with Crippen LogP contribution in [-0.2, 0) is 9.53 Å². The number of ketones is 1. The van der Waals surface area contributed by atoms with Crippen molar-refractivity contribution in [1.29, 1.82) is 0 Å². The molecule has 0 unspecified atom stereocenters.